The number of likely N-dealkylation sites (tertiary alicyclic amines) is 1. The molecule has 8 nitrogen and oxygen atoms in total. The minimum absolute atomic E-state index is 0.252. The van der Waals surface area contributed by atoms with Crippen molar-refractivity contribution in [2.75, 3.05) is 39.8 Å². The van der Waals surface area contributed by atoms with Gasteiger partial charge in [-0.2, -0.15) is 5.26 Å². The second-order valence-corrected chi connectivity index (χ2v) is 15.1. The number of aromatic nitrogens is 2. The highest BCUT2D eigenvalue weighted by Gasteiger charge is 2.17. The second-order valence-electron chi connectivity index (χ2n) is 13.8. The van der Waals surface area contributed by atoms with E-state index in [1.807, 2.05) is 17.6 Å². The van der Waals surface area contributed by atoms with Crippen LogP contribution in [-0.4, -0.2) is 59.6 Å². The molecule has 276 valence electrons. The van der Waals surface area contributed by atoms with E-state index in [4.69, 9.17) is 25.8 Å². The van der Waals surface area contributed by atoms with E-state index >= 15 is 0 Å². The van der Waals surface area contributed by atoms with Crippen LogP contribution < -0.4 is 14.2 Å². The van der Waals surface area contributed by atoms with Crippen LogP contribution >= 0.6 is 22.9 Å². The van der Waals surface area contributed by atoms with Crippen molar-refractivity contribution < 1.29 is 14.2 Å². The van der Waals surface area contributed by atoms with Gasteiger partial charge in [0.1, 0.15) is 36.5 Å². The number of likely N-dealkylation sites (N-methyl/N-ethyl adjacent to an activating group) is 1. The molecule has 1 aliphatic rings. The maximum absolute atomic E-state index is 9.37. The van der Waals surface area contributed by atoms with Gasteiger partial charge in [0.2, 0.25) is 0 Å². The Kier molecular flexibility index (Phi) is 13.4. The second kappa shape index (κ2) is 18.5. The molecular formula is C43H48ClN5O3S. The molecule has 0 bridgehead atoms. The van der Waals surface area contributed by atoms with Gasteiger partial charge in [0.15, 0.2) is 0 Å². The normalized spacial score (nSPS) is 13.0. The standard InChI is InChI=1S/C43H48ClN5O3S/c1-30-35(10-7-11-37(30)38-12-8-13-40(31(38)2)50-19-9-17-49-15-5-6-16-49)28-52-42-22-41(51-27-34-20-33(23-45)24-46-25-34)36(21-39(42)44)26-48(4)18-14-43-32(3)47-29-53-43/h7-8,10-13,20-22,24-25,29H,5-6,9,14-19,26-28H2,1-4H3. The van der Waals surface area contributed by atoms with Crippen molar-refractivity contribution in [2.45, 2.75) is 66.2 Å². The molecule has 53 heavy (non-hydrogen) atoms. The van der Waals surface area contributed by atoms with Gasteiger partial charge in [-0.15, -0.1) is 11.3 Å². The third-order valence-corrected chi connectivity index (χ3v) is 11.2. The Bertz CT molecular complexity index is 2040. The topological polar surface area (TPSA) is 83.7 Å². The lowest BCUT2D eigenvalue weighted by Crippen LogP contribution is -2.22. The molecule has 5 aromatic rings. The van der Waals surface area contributed by atoms with E-state index < -0.39 is 0 Å². The maximum atomic E-state index is 9.37. The molecule has 0 radical (unpaired) electrons. The number of benzene rings is 3. The summed E-state index contributed by atoms with van der Waals surface area (Å²) in [6.07, 6.45) is 7.83. The van der Waals surface area contributed by atoms with Crippen molar-refractivity contribution >= 4 is 22.9 Å². The van der Waals surface area contributed by atoms with Gasteiger partial charge in [-0.25, -0.2) is 4.98 Å². The largest absolute Gasteiger partial charge is 0.493 e. The van der Waals surface area contributed by atoms with Gasteiger partial charge in [0.25, 0.3) is 0 Å². The lowest BCUT2D eigenvalue weighted by molar-refractivity contribution is 0.262. The fraction of sp³-hybridized carbons (Fsp3) is 0.372. The van der Waals surface area contributed by atoms with Crippen LogP contribution in [0.25, 0.3) is 11.1 Å². The Hall–Kier alpha value is -4.46. The van der Waals surface area contributed by atoms with E-state index in [-0.39, 0.29) is 6.61 Å². The predicted molar refractivity (Wildman–Crippen MR) is 213 cm³/mol. The van der Waals surface area contributed by atoms with Gasteiger partial charge in [-0.3, -0.25) is 4.98 Å². The average molecular weight is 750 g/mol. The van der Waals surface area contributed by atoms with E-state index in [9.17, 15) is 5.26 Å². The van der Waals surface area contributed by atoms with Crippen LogP contribution in [0.4, 0.5) is 0 Å². The quantitative estimate of drug-likeness (QED) is 0.0871. The Labute approximate surface area is 322 Å². The lowest BCUT2D eigenvalue weighted by Gasteiger charge is -2.21. The summed E-state index contributed by atoms with van der Waals surface area (Å²) in [6.45, 7) is 12.6. The van der Waals surface area contributed by atoms with Gasteiger partial charge >= 0.3 is 0 Å². The first-order valence-corrected chi connectivity index (χ1v) is 19.6. The molecule has 1 fully saturated rings. The van der Waals surface area contributed by atoms with Crippen molar-refractivity contribution in [3.8, 4) is 34.4 Å². The zero-order valence-corrected chi connectivity index (χ0v) is 32.7. The van der Waals surface area contributed by atoms with E-state index in [0.717, 1.165) is 76.3 Å². The third kappa shape index (κ3) is 10.2. The molecule has 3 heterocycles. The van der Waals surface area contributed by atoms with Crippen LogP contribution in [0.5, 0.6) is 17.2 Å². The molecule has 0 aliphatic carbocycles. The van der Waals surface area contributed by atoms with Gasteiger partial charge in [-0.1, -0.05) is 41.9 Å². The molecule has 0 saturated carbocycles. The molecule has 0 atom stereocenters. The number of nitriles is 1. The predicted octanol–water partition coefficient (Wildman–Crippen LogP) is 9.35. The van der Waals surface area contributed by atoms with Gasteiger partial charge in [0, 0.05) is 54.1 Å². The number of pyridine rings is 1. The molecule has 1 saturated heterocycles. The monoisotopic (exact) mass is 749 g/mol. The van der Waals surface area contributed by atoms with Crippen LogP contribution in [0.2, 0.25) is 5.02 Å². The summed E-state index contributed by atoms with van der Waals surface area (Å²) in [4.78, 5) is 14.7. The van der Waals surface area contributed by atoms with Crippen molar-refractivity contribution in [2.24, 2.45) is 0 Å². The maximum Gasteiger partial charge on any atom is 0.142 e. The zero-order chi connectivity index (χ0) is 37.2. The average Bonchev–Trinajstić information content (AvgIpc) is 3.84. The van der Waals surface area contributed by atoms with Crippen LogP contribution in [0, 0.1) is 32.1 Å². The Morgan fingerprint density at radius 3 is 2.43 bits per heavy atom. The minimum atomic E-state index is 0.252. The van der Waals surface area contributed by atoms with Gasteiger partial charge < -0.3 is 24.0 Å². The number of halogens is 1. The number of thiazole rings is 1. The highest BCUT2D eigenvalue weighted by atomic mass is 35.5. The van der Waals surface area contributed by atoms with Crippen molar-refractivity contribution in [3.63, 3.8) is 0 Å². The summed E-state index contributed by atoms with van der Waals surface area (Å²) in [7, 11) is 2.09. The first-order chi connectivity index (χ1) is 25.8. The fourth-order valence-corrected chi connectivity index (χ4v) is 7.80. The summed E-state index contributed by atoms with van der Waals surface area (Å²) >= 11 is 8.60. The molecule has 0 N–H and O–H groups in total. The molecule has 2 aromatic heterocycles. The number of nitrogens with zero attached hydrogens (tertiary/aromatic N) is 5. The minimum Gasteiger partial charge on any atom is -0.493 e. The summed E-state index contributed by atoms with van der Waals surface area (Å²) in [5, 5.41) is 9.89. The summed E-state index contributed by atoms with van der Waals surface area (Å²) < 4.78 is 19.1. The van der Waals surface area contributed by atoms with Crippen LogP contribution in [0.15, 0.2) is 72.5 Å². The Balaban J connectivity index is 1.16. The Morgan fingerprint density at radius 2 is 1.66 bits per heavy atom. The molecule has 3 aromatic carbocycles. The highest BCUT2D eigenvalue weighted by molar-refractivity contribution is 7.09. The van der Waals surface area contributed by atoms with Gasteiger partial charge in [-0.05, 0) is 113 Å². The highest BCUT2D eigenvalue weighted by Crippen LogP contribution is 2.37. The number of hydrogen-bond donors (Lipinski definition) is 0. The van der Waals surface area contributed by atoms with E-state index in [1.165, 1.54) is 30.8 Å². The lowest BCUT2D eigenvalue weighted by atomic mass is 9.93. The van der Waals surface area contributed by atoms with Crippen molar-refractivity contribution in [3.05, 3.63) is 121 Å². The van der Waals surface area contributed by atoms with E-state index in [0.29, 0.717) is 41.8 Å². The molecule has 0 spiro atoms. The van der Waals surface area contributed by atoms with E-state index in [2.05, 4.69) is 90.1 Å². The summed E-state index contributed by atoms with van der Waals surface area (Å²) in [6, 6.07) is 20.4. The van der Waals surface area contributed by atoms with Crippen molar-refractivity contribution in [1.82, 2.24) is 19.8 Å². The number of rotatable bonds is 17. The van der Waals surface area contributed by atoms with Crippen LogP contribution in [0.1, 0.15) is 63.2 Å². The number of hydrogen-bond acceptors (Lipinski definition) is 9. The first kappa shape index (κ1) is 38.3. The molecule has 0 amide bonds. The fourth-order valence-electron chi connectivity index (χ4n) is 6.79. The zero-order valence-electron chi connectivity index (χ0n) is 31.2. The first-order valence-electron chi connectivity index (χ1n) is 18.3. The Morgan fingerprint density at radius 1 is 0.887 bits per heavy atom. The van der Waals surface area contributed by atoms with Crippen LogP contribution in [-0.2, 0) is 26.2 Å². The smallest absolute Gasteiger partial charge is 0.142 e. The summed E-state index contributed by atoms with van der Waals surface area (Å²) in [5.74, 6) is 2.15. The SMILES string of the molecule is Cc1ncsc1CCN(C)Cc1cc(Cl)c(OCc2cccc(-c3cccc(OCCCN4CCCC4)c3C)c2C)cc1OCc1cncc(C#N)c1. The molecule has 10 heteroatoms. The van der Waals surface area contributed by atoms with Gasteiger partial charge in [0.05, 0.1) is 28.4 Å². The molecular weight excluding hydrogens is 702 g/mol. The number of ether oxygens (including phenoxy) is 3. The molecule has 6 rings (SSSR count). The van der Waals surface area contributed by atoms with Crippen molar-refractivity contribution in [1.29, 1.82) is 5.26 Å². The number of aryl methyl sites for hydroxylation is 1. The third-order valence-electron chi connectivity index (χ3n) is 9.92. The molecule has 0 unspecified atom stereocenters. The van der Waals surface area contributed by atoms with E-state index in [1.54, 1.807) is 29.8 Å². The molecule has 1 aliphatic heterocycles. The summed E-state index contributed by atoms with van der Waals surface area (Å²) in [5.41, 5.74) is 10.9. The van der Waals surface area contributed by atoms with Crippen LogP contribution in [0.3, 0.4) is 0 Å².